The van der Waals surface area contributed by atoms with Crippen molar-refractivity contribution >= 4 is 215 Å². The Balaban J connectivity index is 0.000000114. The van der Waals surface area contributed by atoms with Crippen LogP contribution < -0.4 is 29.4 Å². The highest BCUT2D eigenvalue weighted by atomic mass is 15.2. The molecule has 0 radical (unpaired) electrons. The predicted octanol–water partition coefficient (Wildman–Crippen LogP) is 34.6. The summed E-state index contributed by atoms with van der Waals surface area (Å²) >= 11 is 0. The minimum absolute atomic E-state index is 1.12. The van der Waals surface area contributed by atoms with Crippen LogP contribution in [0.25, 0.3) is 129 Å². The van der Waals surface area contributed by atoms with Gasteiger partial charge in [0, 0.05) is 117 Å². The van der Waals surface area contributed by atoms with Crippen molar-refractivity contribution in [2.75, 3.05) is 50.5 Å². The van der Waals surface area contributed by atoms with Gasteiger partial charge >= 0.3 is 0 Å². The fourth-order valence-corrected chi connectivity index (χ4v) is 18.9. The maximum absolute atomic E-state index is 2.36. The average Bonchev–Trinajstić information content (AvgIpc) is 0.663. The van der Waals surface area contributed by atoms with Crippen LogP contribution in [-0.4, -0.2) is 21.1 Å². The van der Waals surface area contributed by atoms with E-state index in [9.17, 15) is 0 Å². The number of rotatable bonds is 15. The Labute approximate surface area is 751 Å². The van der Waals surface area contributed by atoms with Crippen molar-refractivity contribution < 1.29 is 0 Å². The fraction of sp³-hybridized carbons (Fsp3) is 0.0244. The smallest absolute Gasteiger partial charge is 0.0567 e. The van der Waals surface area contributed by atoms with E-state index < -0.39 is 0 Å². The summed E-state index contributed by atoms with van der Waals surface area (Å²) in [6, 6.07) is 177. The molecule has 24 rings (SSSR count). The monoisotopic (exact) mass is 1650 g/mol. The van der Waals surface area contributed by atoms with Gasteiger partial charge in [0.25, 0.3) is 0 Å². The highest BCUT2D eigenvalue weighted by molar-refractivity contribution is 6.15. The van der Waals surface area contributed by atoms with Gasteiger partial charge < -0.3 is 29.4 Å². The summed E-state index contributed by atoms with van der Waals surface area (Å²) in [6.07, 6.45) is 0. The Kier molecular flexibility index (Phi) is 20.6. The summed E-state index contributed by atoms with van der Waals surface area (Å²) < 4.78 is 0. The Hall–Kier alpha value is -16.8. The molecule has 0 unspecified atom stereocenters. The molecule has 612 valence electrons. The van der Waals surface area contributed by atoms with Crippen molar-refractivity contribution in [2.45, 2.75) is 0 Å². The highest BCUT2D eigenvalue weighted by Crippen LogP contribution is 2.47. The first-order chi connectivity index (χ1) is 63.6. The van der Waals surface area contributed by atoms with Crippen LogP contribution in [0.3, 0.4) is 0 Å². The Morgan fingerprint density at radius 2 is 0.318 bits per heavy atom. The normalized spacial score (nSPS) is 11.4. The van der Waals surface area contributed by atoms with E-state index in [4.69, 9.17) is 0 Å². The molecule has 0 amide bonds. The second kappa shape index (κ2) is 34.0. The molecule has 0 heterocycles. The quantitative estimate of drug-likeness (QED) is 0.0747. The molecule has 0 spiro atoms. The summed E-state index contributed by atoms with van der Waals surface area (Å²) in [5.74, 6) is 0. The third-order valence-electron chi connectivity index (χ3n) is 25.7. The lowest BCUT2D eigenvalue weighted by atomic mass is 9.99. The molecule has 0 aliphatic rings. The van der Waals surface area contributed by atoms with Crippen LogP contribution >= 0.6 is 0 Å². The van der Waals surface area contributed by atoms with E-state index >= 15 is 0 Å². The number of nitrogens with zero attached hydrogens (tertiary/aromatic N) is 6. The molecule has 0 bridgehead atoms. The van der Waals surface area contributed by atoms with Gasteiger partial charge in [-0.2, -0.15) is 0 Å². The molecule has 129 heavy (non-hydrogen) atoms. The third kappa shape index (κ3) is 15.4. The average molecular weight is 1650 g/mol. The summed E-state index contributed by atoms with van der Waals surface area (Å²) in [7, 11) is 6.48. The zero-order chi connectivity index (χ0) is 86.3. The van der Waals surface area contributed by atoms with Crippen LogP contribution in [0.2, 0.25) is 0 Å². The molecule has 24 aromatic carbocycles. The lowest BCUT2D eigenvalue weighted by Gasteiger charge is -2.28. The lowest BCUT2D eigenvalue weighted by Crippen LogP contribution is -2.12. The van der Waals surface area contributed by atoms with Crippen LogP contribution in [0.1, 0.15) is 0 Å². The summed E-state index contributed by atoms with van der Waals surface area (Å²) in [5, 5.41) is 29.9. The molecule has 0 fully saturated rings. The van der Waals surface area contributed by atoms with Gasteiger partial charge in [-0.1, -0.05) is 309 Å². The van der Waals surface area contributed by atoms with Crippen LogP contribution in [0, 0.1) is 0 Å². The van der Waals surface area contributed by atoms with Gasteiger partial charge in [0.05, 0.1) is 5.69 Å². The second-order valence-corrected chi connectivity index (χ2v) is 33.5. The second-order valence-electron chi connectivity index (χ2n) is 33.5. The van der Waals surface area contributed by atoms with E-state index in [1.807, 2.05) is 0 Å². The number of fused-ring (bicyclic) bond motifs is 13. The van der Waals surface area contributed by atoms with Gasteiger partial charge in [-0.3, -0.25) is 0 Å². The van der Waals surface area contributed by atoms with Crippen LogP contribution in [0.15, 0.2) is 491 Å². The van der Waals surface area contributed by atoms with Crippen molar-refractivity contribution in [3.63, 3.8) is 0 Å². The molecular formula is C123H90N6. The molecule has 6 heteroatoms. The minimum Gasteiger partial charge on any atom is -0.345 e. The first-order valence-corrected chi connectivity index (χ1v) is 44.2. The maximum atomic E-state index is 2.36. The van der Waals surface area contributed by atoms with Gasteiger partial charge in [0.1, 0.15) is 0 Å². The highest BCUT2D eigenvalue weighted by Gasteiger charge is 2.22. The van der Waals surface area contributed by atoms with Crippen molar-refractivity contribution in [1.82, 2.24) is 0 Å². The predicted molar refractivity (Wildman–Crippen MR) is 557 cm³/mol. The molecule has 0 aliphatic heterocycles. The molecule has 24 aromatic rings. The molecule has 0 aromatic heterocycles. The molecule has 0 N–H and O–H groups in total. The van der Waals surface area contributed by atoms with E-state index in [0.29, 0.717) is 0 Å². The SMILES string of the molecule is CN(c1ccc(N(c2ccc3ccccc3c2)c2ccc3ccccc3c2)cc1)c1c2ccccc2cc2ccccc12.CN(c1ccc(N(c2ccc3ccccc3c2)c2ccc3ccccc3c2)cc1)c1cc2ccccc2c2ccccc12.CN(c1ccc(N(c2ccc3ccccc3c2)c2ccc3ccccc3c2)cc1)c1ccc2cc3ccccc3cc2c1. The standard InChI is InChI=1S/3C41H30N2/c1-42(41-39-16-8-6-14-33(39)26-34-15-7-9-17-40(34)41)35-22-24-36(25-23-35)43(37-20-18-29-10-2-4-12-31(29)27-37)38-21-19-30-11-3-5-13-32(30)28-38;1-42(41-28-33-14-6-7-15-38(33)39-16-8-9-17-40(39)41)34-22-24-35(25-23-34)43(36-20-18-29-10-2-4-12-31(29)26-36)37-21-19-30-11-3-5-13-32(30)27-37;1-42(39-17-16-35-24-31-10-6-7-11-32(31)25-36(35)28-39)37-20-22-38(23-21-37)43(40-18-14-29-8-2-4-12-33(29)26-40)41-19-15-30-9-3-5-13-34(30)27-41/h3*2-28H,1H3. The summed E-state index contributed by atoms with van der Waals surface area (Å²) in [4.78, 5) is 13.9. The Morgan fingerprint density at radius 3 is 0.659 bits per heavy atom. The van der Waals surface area contributed by atoms with Gasteiger partial charge in [-0.15, -0.1) is 0 Å². The maximum Gasteiger partial charge on any atom is 0.0567 e. The van der Waals surface area contributed by atoms with E-state index in [0.717, 1.165) is 73.9 Å². The molecule has 0 atom stereocenters. The van der Waals surface area contributed by atoms with Crippen molar-refractivity contribution in [3.8, 4) is 0 Å². The van der Waals surface area contributed by atoms with Crippen LogP contribution in [-0.2, 0) is 0 Å². The minimum atomic E-state index is 1.12. The van der Waals surface area contributed by atoms with Gasteiger partial charge in [-0.05, 0) is 295 Å². The first kappa shape index (κ1) is 78.2. The van der Waals surface area contributed by atoms with Crippen molar-refractivity contribution in [1.29, 1.82) is 0 Å². The first-order valence-electron chi connectivity index (χ1n) is 44.2. The van der Waals surface area contributed by atoms with Crippen LogP contribution in [0.5, 0.6) is 0 Å². The molecule has 0 aliphatic carbocycles. The van der Waals surface area contributed by atoms with Crippen molar-refractivity contribution in [2.24, 2.45) is 0 Å². The molecule has 0 saturated carbocycles. The zero-order valence-corrected chi connectivity index (χ0v) is 71.9. The summed E-state index contributed by atoms with van der Waals surface area (Å²) in [5.41, 5.74) is 17.2. The van der Waals surface area contributed by atoms with E-state index in [-0.39, 0.29) is 0 Å². The van der Waals surface area contributed by atoms with E-state index in [1.165, 1.54) is 141 Å². The fourth-order valence-electron chi connectivity index (χ4n) is 18.9. The van der Waals surface area contributed by atoms with Gasteiger partial charge in [0.2, 0.25) is 0 Å². The third-order valence-corrected chi connectivity index (χ3v) is 25.7. The lowest BCUT2D eigenvalue weighted by molar-refractivity contribution is 1.21. The number of anilines is 15. The van der Waals surface area contributed by atoms with Gasteiger partial charge in [0.15, 0.2) is 0 Å². The number of benzene rings is 24. The largest absolute Gasteiger partial charge is 0.345 e. The van der Waals surface area contributed by atoms with Gasteiger partial charge in [-0.25, -0.2) is 0 Å². The molecule has 6 nitrogen and oxygen atoms in total. The van der Waals surface area contributed by atoms with Crippen LogP contribution in [0.4, 0.5) is 85.3 Å². The van der Waals surface area contributed by atoms with E-state index in [2.05, 4.69) is 542 Å². The Morgan fingerprint density at radius 1 is 0.116 bits per heavy atom. The summed E-state index contributed by atoms with van der Waals surface area (Å²) in [6.45, 7) is 0. The van der Waals surface area contributed by atoms with Crippen molar-refractivity contribution in [3.05, 3.63) is 491 Å². The zero-order valence-electron chi connectivity index (χ0n) is 71.9. The number of hydrogen-bond acceptors (Lipinski definition) is 6. The van der Waals surface area contributed by atoms with E-state index in [1.54, 1.807) is 0 Å². The molecule has 0 saturated heterocycles. The number of hydrogen-bond donors (Lipinski definition) is 0. The Bertz CT molecular complexity index is 8040. The molecular weight excluding hydrogens is 1560 g/mol. The topological polar surface area (TPSA) is 19.4 Å².